The minimum atomic E-state index is -0.0982. The second-order valence-electron chi connectivity index (χ2n) is 4.70. The van der Waals surface area contributed by atoms with Crippen LogP contribution in [-0.2, 0) is 4.79 Å². The van der Waals surface area contributed by atoms with Gasteiger partial charge in [-0.3, -0.25) is 10.2 Å². The first-order valence-electron chi connectivity index (χ1n) is 5.60. The van der Waals surface area contributed by atoms with Gasteiger partial charge in [-0.2, -0.15) is 0 Å². The number of hydrogen-bond acceptors (Lipinski definition) is 3. The smallest absolute Gasteiger partial charge is 0.238 e. The summed E-state index contributed by atoms with van der Waals surface area (Å²) in [6, 6.07) is 0.215. The van der Waals surface area contributed by atoms with E-state index >= 15 is 0 Å². The third-order valence-corrected chi connectivity index (χ3v) is 3.03. The Bertz CT molecular complexity index is 194. The Morgan fingerprint density at radius 3 is 2.27 bits per heavy atom. The summed E-state index contributed by atoms with van der Waals surface area (Å²) in [7, 11) is 2.05. The second kappa shape index (κ2) is 6.80. The zero-order valence-electron chi connectivity index (χ0n) is 10.6. The number of amides is 1. The number of carbonyl (C=O) groups excluding carboxylic acids is 1. The summed E-state index contributed by atoms with van der Waals surface area (Å²) in [5.41, 5.74) is 2.20. The summed E-state index contributed by atoms with van der Waals surface area (Å²) in [5.74, 6) is 5.63. The van der Waals surface area contributed by atoms with Gasteiger partial charge >= 0.3 is 0 Å². The monoisotopic (exact) mass is 215 g/mol. The van der Waals surface area contributed by atoms with Crippen molar-refractivity contribution >= 4 is 5.91 Å². The first-order valence-corrected chi connectivity index (χ1v) is 5.60. The highest BCUT2D eigenvalue weighted by atomic mass is 16.2. The van der Waals surface area contributed by atoms with Crippen LogP contribution in [0.25, 0.3) is 0 Å². The van der Waals surface area contributed by atoms with Gasteiger partial charge in [0.15, 0.2) is 0 Å². The average Bonchev–Trinajstić information content (AvgIpc) is 2.22. The molecular weight excluding hydrogens is 190 g/mol. The Hall–Kier alpha value is -0.610. The maximum absolute atomic E-state index is 11.3. The van der Waals surface area contributed by atoms with E-state index in [2.05, 4.69) is 31.1 Å². The first-order chi connectivity index (χ1) is 6.90. The van der Waals surface area contributed by atoms with Gasteiger partial charge in [-0.05, 0) is 32.9 Å². The van der Waals surface area contributed by atoms with Crippen LogP contribution in [0.4, 0.5) is 0 Å². The normalized spacial score (nSPS) is 15.5. The van der Waals surface area contributed by atoms with Crippen molar-refractivity contribution < 1.29 is 4.79 Å². The van der Waals surface area contributed by atoms with Crippen LogP contribution < -0.4 is 11.3 Å². The maximum Gasteiger partial charge on any atom is 0.238 e. The lowest BCUT2D eigenvalue weighted by Gasteiger charge is -2.29. The average molecular weight is 215 g/mol. The van der Waals surface area contributed by atoms with E-state index in [0.29, 0.717) is 5.92 Å². The van der Waals surface area contributed by atoms with Crippen LogP contribution >= 0.6 is 0 Å². The van der Waals surface area contributed by atoms with Gasteiger partial charge in [0.2, 0.25) is 5.91 Å². The van der Waals surface area contributed by atoms with E-state index < -0.39 is 0 Å². The van der Waals surface area contributed by atoms with Gasteiger partial charge in [0.05, 0.1) is 5.92 Å². The van der Waals surface area contributed by atoms with Crippen LogP contribution in [0.15, 0.2) is 0 Å². The summed E-state index contributed by atoms with van der Waals surface area (Å²) in [4.78, 5) is 13.5. The van der Waals surface area contributed by atoms with Crippen molar-refractivity contribution in [1.29, 1.82) is 0 Å². The van der Waals surface area contributed by atoms with Crippen molar-refractivity contribution in [2.24, 2.45) is 17.7 Å². The predicted molar refractivity (Wildman–Crippen MR) is 63.0 cm³/mol. The number of rotatable bonds is 6. The van der Waals surface area contributed by atoms with E-state index in [-0.39, 0.29) is 17.9 Å². The Kier molecular flexibility index (Phi) is 6.52. The van der Waals surface area contributed by atoms with Gasteiger partial charge in [0.25, 0.3) is 0 Å². The third kappa shape index (κ3) is 5.14. The highest BCUT2D eigenvalue weighted by molar-refractivity contribution is 5.78. The fourth-order valence-corrected chi connectivity index (χ4v) is 1.40. The Labute approximate surface area is 93.2 Å². The lowest BCUT2D eigenvalue weighted by molar-refractivity contribution is -0.126. The molecule has 0 radical (unpaired) electrons. The minimum absolute atomic E-state index is 0.0767. The molecule has 0 aliphatic carbocycles. The van der Waals surface area contributed by atoms with E-state index in [0.717, 1.165) is 13.0 Å². The molecule has 0 aromatic carbocycles. The Balaban J connectivity index is 4.06. The van der Waals surface area contributed by atoms with Crippen molar-refractivity contribution in [2.75, 3.05) is 13.6 Å². The first kappa shape index (κ1) is 14.4. The lowest BCUT2D eigenvalue weighted by Crippen LogP contribution is -2.45. The van der Waals surface area contributed by atoms with Crippen LogP contribution in [0.3, 0.4) is 0 Å². The van der Waals surface area contributed by atoms with Crippen LogP contribution in [0.2, 0.25) is 0 Å². The van der Waals surface area contributed by atoms with Crippen molar-refractivity contribution in [3.8, 4) is 0 Å². The molecule has 4 nitrogen and oxygen atoms in total. The van der Waals surface area contributed by atoms with Gasteiger partial charge in [-0.25, -0.2) is 5.84 Å². The molecule has 0 fully saturated rings. The standard InChI is InChI=1S/C11H25N3O/c1-8(2)6-7-14(5)10(4)9(3)11(15)13-12/h8-10H,6-7,12H2,1-5H3,(H,13,15). The summed E-state index contributed by atoms with van der Waals surface area (Å²) in [5, 5.41) is 0. The lowest BCUT2D eigenvalue weighted by atomic mass is 10.0. The number of hydrogen-bond donors (Lipinski definition) is 2. The number of hydrazine groups is 1. The molecule has 15 heavy (non-hydrogen) atoms. The summed E-state index contributed by atoms with van der Waals surface area (Å²) >= 11 is 0. The van der Waals surface area contributed by atoms with Crippen molar-refractivity contribution in [1.82, 2.24) is 10.3 Å². The van der Waals surface area contributed by atoms with Gasteiger partial charge in [-0.1, -0.05) is 20.8 Å². The van der Waals surface area contributed by atoms with Gasteiger partial charge < -0.3 is 4.90 Å². The molecule has 0 saturated carbocycles. The molecule has 4 heteroatoms. The Morgan fingerprint density at radius 2 is 1.87 bits per heavy atom. The molecule has 0 rings (SSSR count). The molecule has 0 saturated heterocycles. The van der Waals surface area contributed by atoms with Gasteiger partial charge in [0.1, 0.15) is 0 Å². The van der Waals surface area contributed by atoms with E-state index in [1.807, 2.05) is 14.0 Å². The van der Waals surface area contributed by atoms with E-state index in [9.17, 15) is 4.79 Å². The van der Waals surface area contributed by atoms with Gasteiger partial charge in [0, 0.05) is 6.04 Å². The van der Waals surface area contributed by atoms with Crippen molar-refractivity contribution in [3.63, 3.8) is 0 Å². The van der Waals surface area contributed by atoms with Crippen LogP contribution in [0, 0.1) is 11.8 Å². The molecule has 2 atom stereocenters. The van der Waals surface area contributed by atoms with Crippen molar-refractivity contribution in [2.45, 2.75) is 40.2 Å². The molecule has 0 aliphatic heterocycles. The molecule has 0 spiro atoms. The van der Waals surface area contributed by atoms with Crippen LogP contribution in [-0.4, -0.2) is 30.4 Å². The van der Waals surface area contributed by atoms with E-state index in [1.165, 1.54) is 0 Å². The summed E-state index contributed by atoms with van der Waals surface area (Å²) < 4.78 is 0. The highest BCUT2D eigenvalue weighted by Gasteiger charge is 2.22. The Morgan fingerprint density at radius 1 is 1.33 bits per heavy atom. The minimum Gasteiger partial charge on any atom is -0.303 e. The van der Waals surface area contributed by atoms with E-state index in [4.69, 9.17) is 5.84 Å². The molecule has 1 amide bonds. The number of nitrogens with one attached hydrogen (secondary N) is 1. The molecule has 0 heterocycles. The molecule has 2 unspecified atom stereocenters. The quantitative estimate of drug-likeness (QED) is 0.394. The number of nitrogens with zero attached hydrogens (tertiary/aromatic N) is 1. The topological polar surface area (TPSA) is 58.4 Å². The largest absolute Gasteiger partial charge is 0.303 e. The van der Waals surface area contributed by atoms with Crippen molar-refractivity contribution in [3.05, 3.63) is 0 Å². The van der Waals surface area contributed by atoms with Gasteiger partial charge in [-0.15, -0.1) is 0 Å². The SMILES string of the molecule is CC(C)CCN(C)C(C)C(C)C(=O)NN. The summed E-state index contributed by atoms with van der Waals surface area (Å²) in [6.07, 6.45) is 1.15. The van der Waals surface area contributed by atoms with Crippen LogP contribution in [0.1, 0.15) is 34.1 Å². The highest BCUT2D eigenvalue weighted by Crippen LogP contribution is 2.11. The fourth-order valence-electron chi connectivity index (χ4n) is 1.40. The molecule has 3 N–H and O–H groups in total. The maximum atomic E-state index is 11.3. The second-order valence-corrected chi connectivity index (χ2v) is 4.70. The zero-order chi connectivity index (χ0) is 12.0. The summed E-state index contributed by atoms with van der Waals surface area (Å²) in [6.45, 7) is 9.38. The molecule has 90 valence electrons. The molecule has 0 aromatic rings. The van der Waals surface area contributed by atoms with E-state index in [1.54, 1.807) is 0 Å². The zero-order valence-corrected chi connectivity index (χ0v) is 10.6. The number of carbonyl (C=O) groups is 1. The molecular formula is C11H25N3O. The molecule has 0 aromatic heterocycles. The number of nitrogens with two attached hydrogens (primary N) is 1. The predicted octanol–water partition coefficient (Wildman–Crippen LogP) is 0.979. The third-order valence-electron chi connectivity index (χ3n) is 3.03. The fraction of sp³-hybridized carbons (Fsp3) is 0.909. The molecule has 0 aliphatic rings. The van der Waals surface area contributed by atoms with Crippen LogP contribution in [0.5, 0.6) is 0 Å². The molecule has 0 bridgehead atoms.